The zero-order valence-electron chi connectivity index (χ0n) is 23.6. The molecule has 0 heterocycles. The molecule has 2 atom stereocenters. The Morgan fingerprint density at radius 3 is 2.34 bits per heavy atom. The van der Waals surface area contributed by atoms with Crippen molar-refractivity contribution in [2.75, 3.05) is 19.8 Å². The fourth-order valence-corrected chi connectivity index (χ4v) is 6.10. The van der Waals surface area contributed by atoms with Gasteiger partial charge in [0.05, 0.1) is 25.4 Å². The predicted octanol–water partition coefficient (Wildman–Crippen LogP) is 6.86. The Morgan fingerprint density at radius 1 is 0.974 bits per heavy atom. The topological polar surface area (TPSA) is 72.8 Å². The Labute approximate surface area is 229 Å². The number of unbranched alkanes of at least 4 members (excludes halogenated alkanes) is 2. The van der Waals surface area contributed by atoms with Crippen molar-refractivity contribution in [1.82, 2.24) is 0 Å². The molecule has 0 spiro atoms. The van der Waals surface area contributed by atoms with Gasteiger partial charge in [0.15, 0.2) is 0 Å². The van der Waals surface area contributed by atoms with Crippen LogP contribution in [0.1, 0.15) is 101 Å². The molecule has 0 aromatic heterocycles. The second-order valence-corrected chi connectivity index (χ2v) is 11.7. The molecule has 0 amide bonds. The smallest absolute Gasteiger partial charge is 0.335 e. The van der Waals surface area contributed by atoms with Crippen molar-refractivity contribution in [2.45, 2.75) is 96.8 Å². The number of aryl methyl sites for hydroxylation is 1. The average Bonchev–Trinajstić information content (AvgIpc) is 2.93. The third-order valence-corrected chi connectivity index (χ3v) is 8.49. The maximum atomic E-state index is 12.0. The van der Waals surface area contributed by atoms with Gasteiger partial charge in [-0.2, -0.15) is 0 Å². The van der Waals surface area contributed by atoms with Crippen LogP contribution in [0.5, 0.6) is 0 Å². The van der Waals surface area contributed by atoms with Crippen molar-refractivity contribution >= 4 is 11.9 Å². The van der Waals surface area contributed by atoms with E-state index in [1.807, 2.05) is 0 Å². The highest BCUT2D eigenvalue weighted by Gasteiger charge is 2.27. The Kier molecular flexibility index (Phi) is 12.1. The molecule has 0 radical (unpaired) electrons. The normalized spacial score (nSPS) is 21.7. The van der Waals surface area contributed by atoms with Crippen LogP contribution in [0.15, 0.2) is 42.5 Å². The molecule has 2 unspecified atom stereocenters. The van der Waals surface area contributed by atoms with Crippen LogP contribution in [-0.2, 0) is 31.9 Å². The van der Waals surface area contributed by atoms with Gasteiger partial charge in [-0.15, -0.1) is 0 Å². The SMILES string of the molecule is C=C(C)C(=O)OCC(COC(=O)C(=C)CO)CC1CCC(c2ccc3c(c2)CCC(CCCCC)C3)CC1. The Hall–Kier alpha value is -2.40. The standard InChI is InChI=1S/C33H48O5/c1-5-6-7-8-25-11-14-31-19-30(16-15-29(31)18-25)28-12-9-26(10-13-28)17-27(21-37-32(35)23(2)3)22-38-33(36)24(4)20-34/h15-16,19,25-28,34H,2,4-14,17-18,20-22H2,1,3H3. The summed E-state index contributed by atoms with van der Waals surface area (Å²) in [6.45, 7) is 11.0. The van der Waals surface area contributed by atoms with E-state index in [1.165, 1.54) is 50.5 Å². The average molecular weight is 525 g/mol. The maximum Gasteiger partial charge on any atom is 0.335 e. The van der Waals surface area contributed by atoms with E-state index in [1.54, 1.807) is 18.1 Å². The van der Waals surface area contributed by atoms with Crippen LogP contribution in [-0.4, -0.2) is 36.9 Å². The lowest BCUT2D eigenvalue weighted by atomic mass is 9.74. The molecule has 5 heteroatoms. The molecule has 210 valence electrons. The van der Waals surface area contributed by atoms with E-state index in [9.17, 15) is 9.59 Å². The number of rotatable bonds is 14. The number of fused-ring (bicyclic) bond motifs is 1. The van der Waals surface area contributed by atoms with E-state index < -0.39 is 18.5 Å². The zero-order valence-corrected chi connectivity index (χ0v) is 23.6. The molecular weight excluding hydrogens is 476 g/mol. The molecule has 0 bridgehead atoms. The first-order valence-corrected chi connectivity index (χ1v) is 14.7. The molecule has 3 rings (SSSR count). The second kappa shape index (κ2) is 15.3. The van der Waals surface area contributed by atoms with Crippen molar-refractivity contribution in [2.24, 2.45) is 17.8 Å². The largest absolute Gasteiger partial charge is 0.462 e. The lowest BCUT2D eigenvalue weighted by molar-refractivity contribution is -0.144. The molecule has 38 heavy (non-hydrogen) atoms. The van der Waals surface area contributed by atoms with Crippen LogP contribution in [0, 0.1) is 17.8 Å². The van der Waals surface area contributed by atoms with Gasteiger partial charge in [0.25, 0.3) is 0 Å². The number of hydrogen-bond donors (Lipinski definition) is 1. The summed E-state index contributed by atoms with van der Waals surface area (Å²) in [4.78, 5) is 23.9. The number of benzene rings is 1. The van der Waals surface area contributed by atoms with Gasteiger partial charge in [0.2, 0.25) is 0 Å². The molecular formula is C33H48O5. The van der Waals surface area contributed by atoms with Crippen molar-refractivity contribution < 1.29 is 24.2 Å². The minimum absolute atomic E-state index is 0.0280. The zero-order chi connectivity index (χ0) is 27.5. The summed E-state index contributed by atoms with van der Waals surface area (Å²) >= 11 is 0. The molecule has 1 saturated carbocycles. The van der Waals surface area contributed by atoms with E-state index >= 15 is 0 Å². The molecule has 2 aliphatic carbocycles. The summed E-state index contributed by atoms with van der Waals surface area (Å²) in [5, 5.41) is 9.12. The summed E-state index contributed by atoms with van der Waals surface area (Å²) in [5.41, 5.74) is 5.02. The van der Waals surface area contributed by atoms with E-state index in [2.05, 4.69) is 38.3 Å². The first-order chi connectivity index (χ1) is 18.3. The summed E-state index contributed by atoms with van der Waals surface area (Å²) < 4.78 is 10.8. The van der Waals surface area contributed by atoms with Gasteiger partial charge in [0, 0.05) is 11.5 Å². The van der Waals surface area contributed by atoms with Crippen LogP contribution in [0.4, 0.5) is 0 Å². The van der Waals surface area contributed by atoms with E-state index in [-0.39, 0.29) is 24.7 Å². The third kappa shape index (κ3) is 9.11. The monoisotopic (exact) mass is 524 g/mol. The minimum Gasteiger partial charge on any atom is -0.462 e. The van der Waals surface area contributed by atoms with Crippen LogP contribution in [0.3, 0.4) is 0 Å². The molecule has 1 fully saturated rings. The van der Waals surface area contributed by atoms with Crippen molar-refractivity contribution in [3.05, 3.63) is 59.2 Å². The van der Waals surface area contributed by atoms with Crippen LogP contribution in [0.25, 0.3) is 0 Å². The summed E-state index contributed by atoms with van der Waals surface area (Å²) in [7, 11) is 0. The van der Waals surface area contributed by atoms with Crippen molar-refractivity contribution in [3.8, 4) is 0 Å². The first kappa shape index (κ1) is 30.1. The van der Waals surface area contributed by atoms with Crippen LogP contribution >= 0.6 is 0 Å². The van der Waals surface area contributed by atoms with Gasteiger partial charge in [-0.05, 0) is 92.7 Å². The Morgan fingerprint density at radius 2 is 1.68 bits per heavy atom. The van der Waals surface area contributed by atoms with Crippen molar-refractivity contribution in [1.29, 1.82) is 0 Å². The summed E-state index contributed by atoms with van der Waals surface area (Å²) in [5.74, 6) is 0.838. The predicted molar refractivity (Wildman–Crippen MR) is 152 cm³/mol. The van der Waals surface area contributed by atoms with Gasteiger partial charge in [-0.1, -0.05) is 64.0 Å². The summed E-state index contributed by atoms with van der Waals surface area (Å²) in [6, 6.07) is 7.28. The second-order valence-electron chi connectivity index (χ2n) is 11.7. The number of aliphatic hydroxyl groups excluding tert-OH is 1. The lowest BCUT2D eigenvalue weighted by Crippen LogP contribution is -2.26. The van der Waals surface area contributed by atoms with Crippen LogP contribution < -0.4 is 0 Å². The maximum absolute atomic E-state index is 12.0. The Balaban J connectivity index is 1.51. The van der Waals surface area contributed by atoms with Crippen molar-refractivity contribution in [3.63, 3.8) is 0 Å². The van der Waals surface area contributed by atoms with E-state index in [4.69, 9.17) is 14.6 Å². The molecule has 0 aliphatic heterocycles. The quantitative estimate of drug-likeness (QED) is 0.163. The van der Waals surface area contributed by atoms with Gasteiger partial charge >= 0.3 is 11.9 Å². The van der Waals surface area contributed by atoms with Gasteiger partial charge in [-0.3, -0.25) is 0 Å². The summed E-state index contributed by atoms with van der Waals surface area (Å²) in [6.07, 6.45) is 14.6. The number of esters is 2. The highest BCUT2D eigenvalue weighted by molar-refractivity contribution is 5.88. The minimum atomic E-state index is -0.605. The first-order valence-electron chi connectivity index (χ1n) is 14.7. The number of hydrogen-bond acceptors (Lipinski definition) is 5. The number of aliphatic hydroxyl groups is 1. The van der Waals surface area contributed by atoms with Gasteiger partial charge in [-0.25, -0.2) is 9.59 Å². The fourth-order valence-electron chi connectivity index (χ4n) is 6.10. The number of ether oxygens (including phenoxy) is 2. The van der Waals surface area contributed by atoms with E-state index in [0.29, 0.717) is 17.4 Å². The molecule has 0 saturated heterocycles. The Bertz CT molecular complexity index is 956. The van der Waals surface area contributed by atoms with Gasteiger partial charge in [0.1, 0.15) is 0 Å². The third-order valence-electron chi connectivity index (χ3n) is 8.49. The molecule has 5 nitrogen and oxygen atoms in total. The van der Waals surface area contributed by atoms with Gasteiger partial charge < -0.3 is 14.6 Å². The lowest BCUT2D eigenvalue weighted by Gasteiger charge is -2.32. The fraction of sp³-hybridized carbons (Fsp3) is 0.636. The molecule has 1 N–H and O–H groups in total. The number of carbonyl (C=O) groups is 2. The van der Waals surface area contributed by atoms with E-state index in [0.717, 1.165) is 38.0 Å². The molecule has 1 aromatic carbocycles. The van der Waals surface area contributed by atoms with Crippen LogP contribution in [0.2, 0.25) is 0 Å². The molecule has 2 aliphatic rings. The molecule has 1 aromatic rings. The highest BCUT2D eigenvalue weighted by Crippen LogP contribution is 2.40. The number of carbonyl (C=O) groups excluding carboxylic acids is 2. The highest BCUT2D eigenvalue weighted by atomic mass is 16.5.